The first-order valence-electron chi connectivity index (χ1n) is 19.1. The number of nitrogens with two attached hydrogens (primary N) is 1. The van der Waals surface area contributed by atoms with Gasteiger partial charge in [0.2, 0.25) is 18.6 Å². The molecule has 2 saturated heterocycles. The summed E-state index contributed by atoms with van der Waals surface area (Å²) in [6, 6.07) is 10.6. The maximum absolute atomic E-state index is 14.9. The molecule has 14 heteroatoms. The van der Waals surface area contributed by atoms with Crippen molar-refractivity contribution in [1.29, 1.82) is 0 Å². The normalized spacial score (nSPS) is 26.5. The van der Waals surface area contributed by atoms with E-state index >= 15 is 0 Å². The van der Waals surface area contributed by atoms with Crippen LogP contribution in [0.15, 0.2) is 55.1 Å². The number of benzene rings is 2. The van der Waals surface area contributed by atoms with Gasteiger partial charge >= 0.3 is 12.0 Å². The van der Waals surface area contributed by atoms with Crippen LogP contribution >= 0.6 is 0 Å². The predicted molar refractivity (Wildman–Crippen MR) is 200 cm³/mol. The van der Waals surface area contributed by atoms with E-state index in [1.807, 2.05) is 36.9 Å². The van der Waals surface area contributed by atoms with Crippen LogP contribution < -0.4 is 24.7 Å². The number of nitrogens with zero attached hydrogens (tertiary/aromatic N) is 4. The number of fused-ring (bicyclic) bond motifs is 2. The highest BCUT2D eigenvalue weighted by Crippen LogP contribution is 2.56. The van der Waals surface area contributed by atoms with Crippen LogP contribution in [0.25, 0.3) is 22.2 Å². The first kappa shape index (κ1) is 36.4. The molecule has 4 heterocycles. The molecule has 8 rings (SSSR count). The maximum atomic E-state index is 14.9. The van der Waals surface area contributed by atoms with E-state index in [1.165, 1.54) is 4.90 Å². The van der Waals surface area contributed by atoms with Gasteiger partial charge in [0.15, 0.2) is 11.5 Å². The van der Waals surface area contributed by atoms with E-state index in [-0.39, 0.29) is 31.3 Å². The number of ether oxygens (including phenoxy) is 4. The minimum absolute atomic E-state index is 0.0548. The van der Waals surface area contributed by atoms with Crippen LogP contribution in [0.1, 0.15) is 39.5 Å². The van der Waals surface area contributed by atoms with Crippen molar-refractivity contribution in [3.05, 3.63) is 55.1 Å². The summed E-state index contributed by atoms with van der Waals surface area (Å²) in [6.45, 7) is 8.65. The summed E-state index contributed by atoms with van der Waals surface area (Å²) in [5, 5.41) is 10.9. The molecule has 7 atom stereocenters. The lowest BCUT2D eigenvalue weighted by Gasteiger charge is -2.35. The molecule has 4 fully saturated rings. The number of likely N-dealkylation sites (tertiary alicyclic amines) is 1. The smallest absolute Gasteiger partial charge is 0.321 e. The summed E-state index contributed by atoms with van der Waals surface area (Å²) in [5.74, 6) is -2.98. The van der Waals surface area contributed by atoms with E-state index in [4.69, 9.17) is 29.7 Å². The topological polar surface area (TPSA) is 174 Å². The lowest BCUT2D eigenvalue weighted by atomic mass is 9.89. The van der Waals surface area contributed by atoms with Gasteiger partial charge in [-0.2, -0.15) is 0 Å². The summed E-state index contributed by atoms with van der Waals surface area (Å²) in [7, 11) is 1.57. The van der Waals surface area contributed by atoms with Gasteiger partial charge in [-0.05, 0) is 60.9 Å². The van der Waals surface area contributed by atoms with Crippen LogP contribution in [-0.4, -0.2) is 106 Å². The molecule has 0 bridgehead atoms. The molecule has 2 aromatic carbocycles. The van der Waals surface area contributed by atoms with E-state index in [1.54, 1.807) is 42.4 Å². The summed E-state index contributed by atoms with van der Waals surface area (Å²) in [4.78, 5) is 64.9. The molecule has 5 aliphatic rings. The van der Waals surface area contributed by atoms with Gasteiger partial charge in [0.25, 0.3) is 0 Å². The fourth-order valence-electron chi connectivity index (χ4n) is 9.57. The number of primary amides is 1. The summed E-state index contributed by atoms with van der Waals surface area (Å²) in [6.07, 6.45) is 4.76. The van der Waals surface area contributed by atoms with Crippen molar-refractivity contribution in [2.75, 3.05) is 33.5 Å². The maximum Gasteiger partial charge on any atom is 0.321 e. The zero-order valence-electron chi connectivity index (χ0n) is 31.3. The molecule has 3 aliphatic heterocycles. The SMILES string of the molecule is C=C[C@@H]1C(C2C(Oc3cc(-c4ccc5c(c4)OCO5)nc4cc(OC)ccc34)CN(C(=O)[C@H](C(C)C)N3CCN(C4CCCC4)C3=O)[C@@H]2C(N)=O)[C@@H]1C(=O)O. The number of aromatic nitrogens is 1. The fraction of sp³-hybridized carbons (Fsp3) is 0.488. The van der Waals surface area contributed by atoms with Gasteiger partial charge < -0.3 is 44.5 Å². The molecule has 290 valence electrons. The molecule has 4 amide bonds. The van der Waals surface area contributed by atoms with Crippen LogP contribution in [0, 0.1) is 29.6 Å². The minimum atomic E-state index is -1.19. The molecule has 2 saturated carbocycles. The summed E-state index contributed by atoms with van der Waals surface area (Å²) in [5.41, 5.74) is 8.03. The summed E-state index contributed by atoms with van der Waals surface area (Å²) < 4.78 is 23.6. The van der Waals surface area contributed by atoms with Crippen LogP contribution in [0.3, 0.4) is 0 Å². The van der Waals surface area contributed by atoms with Crippen molar-refractivity contribution in [2.24, 2.45) is 35.3 Å². The highest BCUT2D eigenvalue weighted by atomic mass is 16.7. The minimum Gasteiger partial charge on any atom is -0.497 e. The van der Waals surface area contributed by atoms with E-state index in [2.05, 4.69) is 6.58 Å². The van der Waals surface area contributed by atoms with E-state index in [9.17, 15) is 24.3 Å². The van der Waals surface area contributed by atoms with Crippen molar-refractivity contribution >= 4 is 34.7 Å². The number of carbonyl (C=O) groups excluding carboxylic acids is 3. The Hall–Kier alpha value is -5.53. The number of aliphatic carboxylic acids is 1. The van der Waals surface area contributed by atoms with Crippen molar-refractivity contribution in [3.8, 4) is 34.3 Å². The Morgan fingerprint density at radius 3 is 2.47 bits per heavy atom. The molecule has 2 aliphatic carbocycles. The zero-order valence-corrected chi connectivity index (χ0v) is 31.3. The third-order valence-electron chi connectivity index (χ3n) is 12.2. The van der Waals surface area contributed by atoms with E-state index in [0.29, 0.717) is 52.7 Å². The number of carboxylic acid groups (broad SMARTS) is 1. The summed E-state index contributed by atoms with van der Waals surface area (Å²) >= 11 is 0. The van der Waals surface area contributed by atoms with E-state index in [0.717, 1.165) is 31.2 Å². The second-order valence-corrected chi connectivity index (χ2v) is 15.6. The molecule has 55 heavy (non-hydrogen) atoms. The molecule has 14 nitrogen and oxygen atoms in total. The highest BCUT2D eigenvalue weighted by Gasteiger charge is 2.65. The number of hydrogen-bond acceptors (Lipinski definition) is 9. The lowest BCUT2D eigenvalue weighted by Crippen LogP contribution is -2.56. The van der Waals surface area contributed by atoms with Crippen molar-refractivity contribution in [2.45, 2.75) is 63.8 Å². The Morgan fingerprint density at radius 1 is 1.04 bits per heavy atom. The van der Waals surface area contributed by atoms with Crippen molar-refractivity contribution in [3.63, 3.8) is 0 Å². The molecule has 1 aromatic heterocycles. The highest BCUT2D eigenvalue weighted by molar-refractivity contribution is 5.94. The van der Waals surface area contributed by atoms with Crippen LogP contribution in [0.5, 0.6) is 23.0 Å². The number of urea groups is 1. The van der Waals surface area contributed by atoms with Gasteiger partial charge in [-0.15, -0.1) is 6.58 Å². The zero-order chi connectivity index (χ0) is 38.7. The average Bonchev–Trinajstić information content (AvgIpc) is 3.70. The van der Waals surface area contributed by atoms with E-state index < -0.39 is 59.6 Å². The molecular formula is C41H47N5O9. The molecule has 0 spiro atoms. The first-order chi connectivity index (χ1) is 26.5. The predicted octanol–water partition coefficient (Wildman–Crippen LogP) is 4.54. The van der Waals surface area contributed by atoms with Crippen LogP contribution in [0.4, 0.5) is 4.79 Å². The van der Waals surface area contributed by atoms with Crippen molar-refractivity contribution in [1.82, 2.24) is 19.7 Å². The number of hydrogen-bond donors (Lipinski definition) is 2. The molecule has 3 unspecified atom stereocenters. The Balaban J connectivity index is 1.19. The van der Waals surface area contributed by atoms with Gasteiger partial charge in [-0.3, -0.25) is 14.4 Å². The fourth-order valence-corrected chi connectivity index (χ4v) is 9.57. The third kappa shape index (κ3) is 6.34. The third-order valence-corrected chi connectivity index (χ3v) is 12.2. The molecule has 0 radical (unpaired) electrons. The van der Waals surface area contributed by atoms with Gasteiger partial charge in [0.1, 0.15) is 29.7 Å². The first-order valence-corrected chi connectivity index (χ1v) is 19.1. The Kier molecular flexibility index (Phi) is 9.46. The van der Waals surface area contributed by atoms with Crippen LogP contribution in [-0.2, 0) is 14.4 Å². The second-order valence-electron chi connectivity index (χ2n) is 15.6. The molecule has 3 N–H and O–H groups in total. The molecule has 3 aromatic rings. The Labute approximate surface area is 319 Å². The Morgan fingerprint density at radius 2 is 1.80 bits per heavy atom. The average molecular weight is 754 g/mol. The number of rotatable bonds is 12. The number of pyridine rings is 1. The molecular weight excluding hydrogens is 706 g/mol. The quantitative estimate of drug-likeness (QED) is 0.250. The Bertz CT molecular complexity index is 2050. The number of allylic oxidation sites excluding steroid dienone is 1. The largest absolute Gasteiger partial charge is 0.497 e. The van der Waals surface area contributed by atoms with Crippen molar-refractivity contribution < 1.29 is 43.2 Å². The monoisotopic (exact) mass is 753 g/mol. The van der Waals surface area contributed by atoms with Gasteiger partial charge in [-0.25, -0.2) is 9.78 Å². The standard InChI is InChI=1S/C41H47N5O9/c1-5-25-33(34(25)40(49)50)35-32(19-46(37(35)38(42)47)39(48)36(21(2)3)45-15-14-44(41(45)51)23-8-6-7-9-23)55-30-18-27(22-10-13-29-31(16-22)54-20-53-29)43-28-17-24(52-4)11-12-26(28)30/h5,10-13,16-18,21,23,25,32-37H,1,6-9,14-15,19-20H2,2-4H3,(H2,42,47)(H,49,50)/t25-,32?,33?,34-,35?,36+,37+/m1/s1. The second kappa shape index (κ2) is 14.3. The van der Waals surface area contributed by atoms with Gasteiger partial charge in [0.05, 0.1) is 30.8 Å². The van der Waals surface area contributed by atoms with Gasteiger partial charge in [0, 0.05) is 48.1 Å². The number of carboxylic acids is 1. The number of methoxy groups -OCH3 is 1. The number of amides is 4. The lowest BCUT2D eigenvalue weighted by molar-refractivity contribution is -0.143. The number of carbonyl (C=O) groups is 4. The van der Waals surface area contributed by atoms with Crippen LogP contribution in [0.2, 0.25) is 0 Å². The van der Waals surface area contributed by atoms with Gasteiger partial charge in [-0.1, -0.05) is 32.8 Å².